The SMILES string of the molecule is CCS[C@@H]1CCC[C@@H]1NC(=O)[C@@H]1CCCN1C(=O)c1ccco1. The van der Waals surface area contributed by atoms with Crippen LogP contribution in [-0.4, -0.2) is 46.3 Å². The molecule has 23 heavy (non-hydrogen) atoms. The predicted octanol–water partition coefficient (Wildman–Crippen LogP) is 2.67. The Balaban J connectivity index is 1.63. The molecular weight excluding hydrogens is 312 g/mol. The van der Waals surface area contributed by atoms with Gasteiger partial charge in [0, 0.05) is 17.8 Å². The summed E-state index contributed by atoms with van der Waals surface area (Å²) < 4.78 is 5.19. The third-order valence-electron chi connectivity index (χ3n) is 4.71. The van der Waals surface area contributed by atoms with Crippen LogP contribution >= 0.6 is 11.8 Å². The van der Waals surface area contributed by atoms with Crippen LogP contribution < -0.4 is 5.32 Å². The van der Waals surface area contributed by atoms with Gasteiger partial charge < -0.3 is 14.6 Å². The molecule has 0 spiro atoms. The molecule has 6 heteroatoms. The maximum absolute atomic E-state index is 12.7. The smallest absolute Gasteiger partial charge is 0.290 e. The summed E-state index contributed by atoms with van der Waals surface area (Å²) in [6.45, 7) is 2.78. The molecule has 126 valence electrons. The number of furan rings is 1. The van der Waals surface area contributed by atoms with Gasteiger partial charge in [-0.15, -0.1) is 0 Å². The van der Waals surface area contributed by atoms with Crippen molar-refractivity contribution in [1.29, 1.82) is 0 Å². The Morgan fingerprint density at radius 1 is 1.35 bits per heavy atom. The fraction of sp³-hybridized carbons (Fsp3) is 0.647. The van der Waals surface area contributed by atoms with E-state index in [-0.39, 0.29) is 23.9 Å². The Bertz CT molecular complexity index is 546. The minimum absolute atomic E-state index is 0.00370. The van der Waals surface area contributed by atoms with Crippen LogP contribution in [0.15, 0.2) is 22.8 Å². The second-order valence-corrected chi connectivity index (χ2v) is 7.69. The first-order valence-electron chi connectivity index (χ1n) is 8.47. The molecule has 0 aromatic carbocycles. The number of hydrogen-bond acceptors (Lipinski definition) is 4. The van der Waals surface area contributed by atoms with Gasteiger partial charge in [0.25, 0.3) is 5.91 Å². The number of nitrogens with zero attached hydrogens (tertiary/aromatic N) is 1. The number of hydrogen-bond donors (Lipinski definition) is 1. The van der Waals surface area contributed by atoms with Crippen molar-refractivity contribution < 1.29 is 14.0 Å². The molecule has 0 unspecified atom stereocenters. The van der Waals surface area contributed by atoms with Crippen molar-refractivity contribution in [3.63, 3.8) is 0 Å². The van der Waals surface area contributed by atoms with Crippen LogP contribution in [0.4, 0.5) is 0 Å². The van der Waals surface area contributed by atoms with E-state index < -0.39 is 0 Å². The third-order valence-corrected chi connectivity index (χ3v) is 6.03. The van der Waals surface area contributed by atoms with E-state index in [1.165, 1.54) is 19.1 Å². The summed E-state index contributed by atoms with van der Waals surface area (Å²) in [4.78, 5) is 26.8. The summed E-state index contributed by atoms with van der Waals surface area (Å²) in [5.74, 6) is 1.20. The maximum atomic E-state index is 12.7. The highest BCUT2D eigenvalue weighted by atomic mass is 32.2. The van der Waals surface area contributed by atoms with Crippen LogP contribution in [0.5, 0.6) is 0 Å². The topological polar surface area (TPSA) is 62.6 Å². The van der Waals surface area contributed by atoms with Crippen LogP contribution in [0.3, 0.4) is 0 Å². The lowest BCUT2D eigenvalue weighted by Gasteiger charge is -2.26. The average molecular weight is 336 g/mol. The lowest BCUT2D eigenvalue weighted by atomic mass is 10.1. The highest BCUT2D eigenvalue weighted by Crippen LogP contribution is 2.30. The molecule has 2 heterocycles. The lowest BCUT2D eigenvalue weighted by Crippen LogP contribution is -2.50. The zero-order valence-electron chi connectivity index (χ0n) is 13.5. The largest absolute Gasteiger partial charge is 0.459 e. The molecule has 1 saturated carbocycles. The summed E-state index contributed by atoms with van der Waals surface area (Å²) in [5, 5.41) is 3.72. The van der Waals surface area contributed by atoms with Crippen molar-refractivity contribution in [1.82, 2.24) is 10.2 Å². The Hall–Kier alpha value is -1.43. The van der Waals surface area contributed by atoms with Gasteiger partial charge in [-0.1, -0.05) is 13.3 Å². The molecule has 1 aliphatic carbocycles. The third kappa shape index (κ3) is 3.57. The van der Waals surface area contributed by atoms with Crippen molar-refractivity contribution >= 4 is 23.6 Å². The molecule has 1 aromatic rings. The van der Waals surface area contributed by atoms with Gasteiger partial charge in [0.2, 0.25) is 5.91 Å². The molecule has 3 atom stereocenters. The number of likely N-dealkylation sites (tertiary alicyclic amines) is 1. The number of carbonyl (C=O) groups excluding carboxylic acids is 2. The van der Waals surface area contributed by atoms with Gasteiger partial charge in [-0.3, -0.25) is 9.59 Å². The Morgan fingerprint density at radius 2 is 2.22 bits per heavy atom. The standard InChI is InChI=1S/C17H24N2O3S/c1-2-23-15-9-3-6-12(15)18-16(20)13-7-4-10-19(13)17(21)14-8-5-11-22-14/h5,8,11-13,15H,2-4,6-7,9-10H2,1H3,(H,18,20)/t12-,13-,15+/m0/s1. The number of amides is 2. The minimum Gasteiger partial charge on any atom is -0.459 e. The lowest BCUT2D eigenvalue weighted by molar-refractivity contribution is -0.125. The fourth-order valence-corrected chi connectivity index (χ4v) is 4.81. The molecule has 0 bridgehead atoms. The molecule has 1 aromatic heterocycles. The zero-order valence-corrected chi connectivity index (χ0v) is 14.3. The van der Waals surface area contributed by atoms with E-state index in [9.17, 15) is 9.59 Å². The van der Waals surface area contributed by atoms with E-state index in [1.807, 2.05) is 11.8 Å². The Labute approximate surface area is 141 Å². The van der Waals surface area contributed by atoms with Crippen molar-refractivity contribution in [2.24, 2.45) is 0 Å². The number of rotatable bonds is 5. The summed E-state index contributed by atoms with van der Waals surface area (Å²) in [6, 6.07) is 3.23. The van der Waals surface area contributed by atoms with Crippen molar-refractivity contribution in [2.75, 3.05) is 12.3 Å². The van der Waals surface area contributed by atoms with Gasteiger partial charge in [0.15, 0.2) is 5.76 Å². The number of thioether (sulfide) groups is 1. The molecule has 2 aliphatic rings. The number of carbonyl (C=O) groups is 2. The molecule has 1 aliphatic heterocycles. The highest BCUT2D eigenvalue weighted by Gasteiger charge is 2.37. The van der Waals surface area contributed by atoms with Gasteiger partial charge in [0.05, 0.1) is 6.26 Å². The zero-order chi connectivity index (χ0) is 16.2. The molecule has 0 radical (unpaired) electrons. The monoisotopic (exact) mass is 336 g/mol. The number of nitrogens with one attached hydrogen (secondary N) is 1. The summed E-state index contributed by atoms with van der Waals surface area (Å²) in [7, 11) is 0. The maximum Gasteiger partial charge on any atom is 0.290 e. The van der Waals surface area contributed by atoms with Gasteiger partial charge in [0.1, 0.15) is 6.04 Å². The van der Waals surface area contributed by atoms with Crippen LogP contribution in [0.25, 0.3) is 0 Å². The van der Waals surface area contributed by atoms with E-state index >= 15 is 0 Å². The Morgan fingerprint density at radius 3 is 2.96 bits per heavy atom. The van der Waals surface area contributed by atoms with Crippen molar-refractivity contribution in [3.05, 3.63) is 24.2 Å². The molecule has 2 amide bonds. The Kier molecular flexibility index (Phi) is 5.30. The van der Waals surface area contributed by atoms with Gasteiger partial charge >= 0.3 is 0 Å². The van der Waals surface area contributed by atoms with Crippen LogP contribution in [0.2, 0.25) is 0 Å². The van der Waals surface area contributed by atoms with Crippen LogP contribution in [0.1, 0.15) is 49.6 Å². The predicted molar refractivity (Wildman–Crippen MR) is 90.5 cm³/mol. The minimum atomic E-state index is -0.361. The fourth-order valence-electron chi connectivity index (χ4n) is 3.61. The summed E-state index contributed by atoms with van der Waals surface area (Å²) >= 11 is 1.93. The molecule has 3 rings (SSSR count). The van der Waals surface area contributed by atoms with E-state index in [4.69, 9.17) is 4.42 Å². The first-order chi connectivity index (χ1) is 11.2. The second-order valence-electron chi connectivity index (χ2n) is 6.17. The average Bonchev–Trinajstić information content (AvgIpc) is 3.29. The van der Waals surface area contributed by atoms with Crippen molar-refractivity contribution in [2.45, 2.75) is 56.4 Å². The molecule has 2 fully saturated rings. The molecule has 1 N–H and O–H groups in total. The molecular formula is C17H24N2O3S. The summed E-state index contributed by atoms with van der Waals surface area (Å²) in [5.41, 5.74) is 0. The quantitative estimate of drug-likeness (QED) is 0.898. The van der Waals surface area contributed by atoms with Gasteiger partial charge in [-0.25, -0.2) is 0 Å². The van der Waals surface area contributed by atoms with E-state index in [0.717, 1.165) is 25.0 Å². The highest BCUT2D eigenvalue weighted by molar-refractivity contribution is 7.99. The molecule has 1 saturated heterocycles. The summed E-state index contributed by atoms with van der Waals surface area (Å²) in [6.07, 6.45) is 6.47. The second kappa shape index (κ2) is 7.43. The van der Waals surface area contributed by atoms with Crippen molar-refractivity contribution in [3.8, 4) is 0 Å². The first-order valence-corrected chi connectivity index (χ1v) is 9.52. The van der Waals surface area contributed by atoms with Crippen LogP contribution in [0, 0.1) is 0 Å². The van der Waals surface area contributed by atoms with Crippen LogP contribution in [-0.2, 0) is 4.79 Å². The van der Waals surface area contributed by atoms with Gasteiger partial charge in [-0.2, -0.15) is 11.8 Å². The normalized spacial score (nSPS) is 27.3. The van der Waals surface area contributed by atoms with E-state index in [2.05, 4.69) is 12.2 Å². The van der Waals surface area contributed by atoms with E-state index in [1.54, 1.807) is 17.0 Å². The first kappa shape index (κ1) is 16.4. The molecule has 5 nitrogen and oxygen atoms in total. The van der Waals surface area contributed by atoms with E-state index in [0.29, 0.717) is 17.6 Å². The van der Waals surface area contributed by atoms with Gasteiger partial charge in [-0.05, 0) is 43.6 Å².